The number of rotatable bonds is 2. The normalized spacial score (nSPS) is 15.1. The number of halogens is 1. The van der Waals surface area contributed by atoms with E-state index in [2.05, 4.69) is 62.6 Å². The molecule has 1 aromatic heterocycles. The fraction of sp³-hybridized carbons (Fsp3) is 0.214. The lowest BCUT2D eigenvalue weighted by molar-refractivity contribution is 0.817. The number of thiazole rings is 1. The fourth-order valence-electron chi connectivity index (χ4n) is 1.98. The van der Waals surface area contributed by atoms with Gasteiger partial charge in [0.15, 0.2) is 5.13 Å². The third-order valence-electron chi connectivity index (χ3n) is 2.96. The zero-order valence-corrected chi connectivity index (χ0v) is 12.2. The highest BCUT2D eigenvalue weighted by Gasteiger charge is 2.12. The van der Waals surface area contributed by atoms with Crippen LogP contribution in [0.2, 0.25) is 0 Å². The minimum Gasteiger partial charge on any atom is -0.344 e. The Balaban J connectivity index is 1.84. The summed E-state index contributed by atoms with van der Waals surface area (Å²) in [6.45, 7) is 2.05. The van der Waals surface area contributed by atoms with Crippen molar-refractivity contribution in [2.45, 2.75) is 6.42 Å². The Morgan fingerprint density at radius 3 is 2.72 bits per heavy atom. The van der Waals surface area contributed by atoms with E-state index in [1.165, 1.54) is 5.56 Å². The van der Waals surface area contributed by atoms with E-state index in [1.807, 2.05) is 0 Å². The van der Waals surface area contributed by atoms with Gasteiger partial charge in [-0.2, -0.15) is 0 Å². The Morgan fingerprint density at radius 2 is 2.00 bits per heavy atom. The van der Waals surface area contributed by atoms with Crippen LogP contribution in [0.25, 0.3) is 11.3 Å². The first-order valence-corrected chi connectivity index (χ1v) is 7.61. The van der Waals surface area contributed by atoms with Crippen molar-refractivity contribution in [3.8, 4) is 11.3 Å². The minimum absolute atomic E-state index is 0.979. The van der Waals surface area contributed by atoms with Gasteiger partial charge in [-0.1, -0.05) is 40.2 Å². The average Bonchev–Trinajstić information content (AvgIpc) is 2.90. The number of anilines is 1. The van der Waals surface area contributed by atoms with Gasteiger partial charge < -0.3 is 4.90 Å². The van der Waals surface area contributed by atoms with Crippen LogP contribution >= 0.6 is 27.3 Å². The standard InChI is InChI=1S/C14H13BrN2S/c15-12-6-4-11(5-7-12)13-10-18-14(16-13)17-8-2-1-3-9-17/h1-2,4-7,10H,3,8-9H2. The van der Waals surface area contributed by atoms with Crippen molar-refractivity contribution in [3.05, 3.63) is 46.3 Å². The molecule has 0 radical (unpaired) electrons. The fourth-order valence-corrected chi connectivity index (χ4v) is 3.11. The molecule has 0 spiro atoms. The molecule has 0 fully saturated rings. The van der Waals surface area contributed by atoms with E-state index < -0.39 is 0 Å². The zero-order chi connectivity index (χ0) is 12.4. The Labute approximate surface area is 119 Å². The second-order valence-corrected chi connectivity index (χ2v) is 5.98. The van der Waals surface area contributed by atoms with E-state index in [0.717, 1.165) is 34.8 Å². The Morgan fingerprint density at radius 1 is 1.17 bits per heavy atom. The maximum atomic E-state index is 4.73. The molecule has 2 heterocycles. The monoisotopic (exact) mass is 320 g/mol. The molecule has 0 bridgehead atoms. The third kappa shape index (κ3) is 2.49. The second-order valence-electron chi connectivity index (χ2n) is 4.23. The minimum atomic E-state index is 0.979. The van der Waals surface area contributed by atoms with Crippen molar-refractivity contribution in [2.75, 3.05) is 18.0 Å². The molecule has 3 rings (SSSR count). The van der Waals surface area contributed by atoms with Gasteiger partial charge >= 0.3 is 0 Å². The number of benzene rings is 1. The molecule has 2 nitrogen and oxygen atoms in total. The molecule has 1 aliphatic heterocycles. The number of nitrogens with zero attached hydrogens (tertiary/aromatic N) is 2. The molecule has 1 aromatic carbocycles. The van der Waals surface area contributed by atoms with Crippen LogP contribution in [-0.2, 0) is 0 Å². The second kappa shape index (κ2) is 5.24. The van der Waals surface area contributed by atoms with Crippen molar-refractivity contribution in [1.29, 1.82) is 0 Å². The van der Waals surface area contributed by atoms with Gasteiger partial charge in [0.05, 0.1) is 5.69 Å². The Kier molecular flexibility index (Phi) is 3.48. The number of aromatic nitrogens is 1. The first-order valence-electron chi connectivity index (χ1n) is 5.94. The molecular formula is C14H13BrN2S. The zero-order valence-electron chi connectivity index (χ0n) is 9.84. The van der Waals surface area contributed by atoms with Crippen molar-refractivity contribution in [3.63, 3.8) is 0 Å². The Hall–Kier alpha value is -1.13. The molecule has 0 atom stereocenters. The summed E-state index contributed by atoms with van der Waals surface area (Å²) in [6.07, 6.45) is 5.57. The van der Waals surface area contributed by atoms with E-state index in [9.17, 15) is 0 Å². The predicted octanol–water partition coefficient (Wildman–Crippen LogP) is 4.34. The van der Waals surface area contributed by atoms with Gasteiger partial charge in [-0.05, 0) is 18.6 Å². The van der Waals surface area contributed by atoms with Crippen LogP contribution < -0.4 is 4.90 Å². The molecule has 0 saturated heterocycles. The first-order chi connectivity index (χ1) is 8.83. The molecule has 2 aromatic rings. The van der Waals surface area contributed by atoms with Crippen LogP contribution in [0.5, 0.6) is 0 Å². The average molecular weight is 321 g/mol. The SMILES string of the molecule is Brc1ccc(-c2csc(N3CC=CCC3)n2)cc1. The van der Waals surface area contributed by atoms with Crippen LogP contribution in [0.4, 0.5) is 5.13 Å². The summed E-state index contributed by atoms with van der Waals surface area (Å²) in [5.41, 5.74) is 2.24. The quantitative estimate of drug-likeness (QED) is 0.765. The summed E-state index contributed by atoms with van der Waals surface area (Å²) in [6, 6.07) is 8.30. The van der Waals surface area contributed by atoms with Gasteiger partial charge in [-0.25, -0.2) is 4.98 Å². The van der Waals surface area contributed by atoms with Crippen LogP contribution in [0.1, 0.15) is 6.42 Å². The molecule has 0 aliphatic carbocycles. The molecule has 4 heteroatoms. The highest BCUT2D eigenvalue weighted by molar-refractivity contribution is 9.10. The number of hydrogen-bond donors (Lipinski definition) is 0. The topological polar surface area (TPSA) is 16.1 Å². The summed E-state index contributed by atoms with van der Waals surface area (Å²) in [4.78, 5) is 7.06. The lowest BCUT2D eigenvalue weighted by Crippen LogP contribution is -2.26. The van der Waals surface area contributed by atoms with Crippen molar-refractivity contribution >= 4 is 32.4 Å². The van der Waals surface area contributed by atoms with Gasteiger partial charge in [-0.15, -0.1) is 11.3 Å². The molecule has 0 saturated carbocycles. The number of hydrogen-bond acceptors (Lipinski definition) is 3. The smallest absolute Gasteiger partial charge is 0.186 e. The molecular weight excluding hydrogens is 308 g/mol. The molecule has 1 aliphatic rings. The van der Waals surface area contributed by atoms with Gasteiger partial charge in [0.1, 0.15) is 0 Å². The van der Waals surface area contributed by atoms with E-state index in [-0.39, 0.29) is 0 Å². The summed E-state index contributed by atoms with van der Waals surface area (Å²) in [5, 5.41) is 3.26. The van der Waals surface area contributed by atoms with E-state index in [1.54, 1.807) is 11.3 Å². The van der Waals surface area contributed by atoms with Crippen molar-refractivity contribution in [1.82, 2.24) is 4.98 Å². The van der Waals surface area contributed by atoms with E-state index >= 15 is 0 Å². The third-order valence-corrected chi connectivity index (χ3v) is 4.39. The molecule has 92 valence electrons. The molecule has 0 N–H and O–H groups in total. The highest BCUT2D eigenvalue weighted by Crippen LogP contribution is 2.28. The van der Waals surface area contributed by atoms with Gasteiger partial charge in [-0.3, -0.25) is 0 Å². The van der Waals surface area contributed by atoms with Crippen molar-refractivity contribution < 1.29 is 0 Å². The van der Waals surface area contributed by atoms with Crippen LogP contribution in [0.3, 0.4) is 0 Å². The van der Waals surface area contributed by atoms with Gasteiger partial charge in [0.2, 0.25) is 0 Å². The largest absolute Gasteiger partial charge is 0.344 e. The van der Waals surface area contributed by atoms with E-state index in [4.69, 9.17) is 4.98 Å². The molecule has 0 unspecified atom stereocenters. The van der Waals surface area contributed by atoms with E-state index in [0.29, 0.717) is 0 Å². The summed E-state index contributed by atoms with van der Waals surface area (Å²) < 4.78 is 1.10. The highest BCUT2D eigenvalue weighted by atomic mass is 79.9. The van der Waals surface area contributed by atoms with Gasteiger partial charge in [0, 0.05) is 28.5 Å². The Bertz CT molecular complexity index is 559. The lowest BCUT2D eigenvalue weighted by Gasteiger charge is -2.22. The lowest BCUT2D eigenvalue weighted by atomic mass is 10.2. The first kappa shape index (κ1) is 11.9. The molecule has 0 amide bonds. The van der Waals surface area contributed by atoms with Crippen LogP contribution in [-0.4, -0.2) is 18.1 Å². The maximum absolute atomic E-state index is 4.73. The van der Waals surface area contributed by atoms with Crippen LogP contribution in [0, 0.1) is 0 Å². The maximum Gasteiger partial charge on any atom is 0.186 e. The predicted molar refractivity (Wildman–Crippen MR) is 81.2 cm³/mol. The van der Waals surface area contributed by atoms with Crippen LogP contribution in [0.15, 0.2) is 46.3 Å². The molecule has 18 heavy (non-hydrogen) atoms. The van der Waals surface area contributed by atoms with Gasteiger partial charge in [0.25, 0.3) is 0 Å². The summed E-state index contributed by atoms with van der Waals surface area (Å²) >= 11 is 5.18. The van der Waals surface area contributed by atoms with Crippen molar-refractivity contribution in [2.24, 2.45) is 0 Å². The summed E-state index contributed by atoms with van der Waals surface area (Å²) in [7, 11) is 0. The summed E-state index contributed by atoms with van der Waals surface area (Å²) in [5.74, 6) is 0.